The Bertz CT molecular complexity index is 533. The number of nitrogens with zero attached hydrogens (tertiary/aromatic N) is 3. The van der Waals surface area contributed by atoms with Gasteiger partial charge in [-0.1, -0.05) is 0 Å². The third-order valence-corrected chi connectivity index (χ3v) is 4.33. The minimum Gasteiger partial charge on any atom is -0.444 e. The molecule has 0 unspecified atom stereocenters. The summed E-state index contributed by atoms with van der Waals surface area (Å²) < 4.78 is 5.27. The third-order valence-electron chi connectivity index (χ3n) is 3.61. The Morgan fingerprint density at radius 3 is 2.87 bits per heavy atom. The Hall–Kier alpha value is -1.34. The van der Waals surface area contributed by atoms with E-state index in [1.54, 1.807) is 24.2 Å². The Kier molecular flexibility index (Phi) is 6.24. The smallest absolute Gasteiger partial charge is 0.407 e. The molecule has 1 aromatic heterocycles. The third kappa shape index (κ3) is 5.99. The molecule has 128 valence electrons. The van der Waals surface area contributed by atoms with Gasteiger partial charge in [0.15, 0.2) is 0 Å². The number of thioether (sulfide) groups is 1. The SMILES string of the molecule is CSc1nccnc1CN1CC[C@H](CNC(=O)OC(C)(C)C)C1. The number of hydrogen-bond donors (Lipinski definition) is 1. The molecule has 1 saturated heterocycles. The van der Waals surface area contributed by atoms with Gasteiger partial charge >= 0.3 is 6.09 Å². The van der Waals surface area contributed by atoms with Gasteiger partial charge in [0.05, 0.1) is 5.69 Å². The van der Waals surface area contributed by atoms with Crippen molar-refractivity contribution in [3.63, 3.8) is 0 Å². The number of nitrogens with one attached hydrogen (secondary N) is 1. The Morgan fingerprint density at radius 1 is 1.43 bits per heavy atom. The number of aromatic nitrogens is 2. The quantitative estimate of drug-likeness (QED) is 0.832. The monoisotopic (exact) mass is 338 g/mol. The number of carbonyl (C=O) groups excluding carboxylic acids is 1. The topological polar surface area (TPSA) is 67.4 Å². The summed E-state index contributed by atoms with van der Waals surface area (Å²) in [6, 6.07) is 0. The molecule has 0 saturated carbocycles. The molecule has 2 heterocycles. The standard InChI is InChI=1S/C16H26N4O2S/c1-16(2,3)22-15(21)19-9-12-5-8-20(10-12)11-13-14(23-4)18-7-6-17-13/h6-7,12H,5,8-11H2,1-4H3,(H,19,21)/t12-/m1/s1. The molecule has 23 heavy (non-hydrogen) atoms. The number of alkyl carbamates (subject to hydrolysis) is 1. The highest BCUT2D eigenvalue weighted by molar-refractivity contribution is 7.98. The van der Waals surface area contributed by atoms with Crippen molar-refractivity contribution in [2.75, 3.05) is 25.9 Å². The van der Waals surface area contributed by atoms with Crippen molar-refractivity contribution in [2.24, 2.45) is 5.92 Å². The average molecular weight is 338 g/mol. The van der Waals surface area contributed by atoms with E-state index < -0.39 is 5.60 Å². The van der Waals surface area contributed by atoms with Crippen LogP contribution in [0.3, 0.4) is 0 Å². The fourth-order valence-electron chi connectivity index (χ4n) is 2.61. The molecule has 1 atom stereocenters. The van der Waals surface area contributed by atoms with Crippen LogP contribution in [0.5, 0.6) is 0 Å². The van der Waals surface area contributed by atoms with Gasteiger partial charge in [0.1, 0.15) is 10.6 Å². The van der Waals surface area contributed by atoms with Gasteiger partial charge in [-0.3, -0.25) is 9.88 Å². The zero-order valence-electron chi connectivity index (χ0n) is 14.3. The van der Waals surface area contributed by atoms with E-state index >= 15 is 0 Å². The van der Waals surface area contributed by atoms with Gasteiger partial charge in [-0.2, -0.15) is 0 Å². The lowest BCUT2D eigenvalue weighted by atomic mass is 10.1. The Labute approximate surface area is 142 Å². The van der Waals surface area contributed by atoms with Gasteiger partial charge in [-0.15, -0.1) is 11.8 Å². The number of likely N-dealkylation sites (tertiary alicyclic amines) is 1. The number of rotatable bonds is 5. The van der Waals surface area contributed by atoms with Crippen LogP contribution in [0.2, 0.25) is 0 Å². The number of amides is 1. The van der Waals surface area contributed by atoms with Crippen LogP contribution in [0.1, 0.15) is 32.9 Å². The maximum Gasteiger partial charge on any atom is 0.407 e. The van der Waals surface area contributed by atoms with E-state index in [1.807, 2.05) is 27.0 Å². The second-order valence-electron chi connectivity index (χ2n) is 6.78. The molecule has 1 aromatic rings. The summed E-state index contributed by atoms with van der Waals surface area (Å²) in [4.78, 5) is 22.9. The number of carbonyl (C=O) groups is 1. The van der Waals surface area contributed by atoms with Crippen molar-refractivity contribution in [3.05, 3.63) is 18.1 Å². The molecule has 2 rings (SSSR count). The average Bonchev–Trinajstić information content (AvgIpc) is 2.91. The second kappa shape index (κ2) is 7.97. The summed E-state index contributed by atoms with van der Waals surface area (Å²) in [6.07, 6.45) is 6.23. The van der Waals surface area contributed by atoms with E-state index in [9.17, 15) is 4.79 Å². The maximum atomic E-state index is 11.7. The van der Waals surface area contributed by atoms with Crippen LogP contribution in [-0.4, -0.2) is 52.5 Å². The van der Waals surface area contributed by atoms with Crippen molar-refractivity contribution in [3.8, 4) is 0 Å². The Balaban J connectivity index is 1.77. The highest BCUT2D eigenvalue weighted by atomic mass is 32.2. The predicted octanol–water partition coefficient (Wildman–Crippen LogP) is 2.55. The van der Waals surface area contributed by atoms with E-state index in [1.165, 1.54) is 0 Å². The van der Waals surface area contributed by atoms with Gasteiger partial charge in [0.2, 0.25) is 0 Å². The molecule has 0 aliphatic carbocycles. The molecular formula is C16H26N4O2S. The van der Waals surface area contributed by atoms with Gasteiger partial charge in [-0.25, -0.2) is 9.78 Å². The molecule has 0 bridgehead atoms. The van der Waals surface area contributed by atoms with Gasteiger partial charge in [0, 0.05) is 32.0 Å². The van der Waals surface area contributed by atoms with Crippen LogP contribution in [-0.2, 0) is 11.3 Å². The lowest BCUT2D eigenvalue weighted by Crippen LogP contribution is -2.36. The molecule has 1 aliphatic heterocycles. The van der Waals surface area contributed by atoms with Crippen LogP contribution >= 0.6 is 11.8 Å². The first-order chi connectivity index (χ1) is 10.9. The molecule has 1 N–H and O–H groups in total. The van der Waals surface area contributed by atoms with E-state index in [0.29, 0.717) is 12.5 Å². The van der Waals surface area contributed by atoms with Gasteiger partial charge in [0.25, 0.3) is 0 Å². The molecule has 7 heteroatoms. The molecule has 0 radical (unpaired) electrons. The zero-order valence-corrected chi connectivity index (χ0v) is 15.2. The lowest BCUT2D eigenvalue weighted by Gasteiger charge is -2.21. The molecular weight excluding hydrogens is 312 g/mol. The predicted molar refractivity (Wildman–Crippen MR) is 91.4 cm³/mol. The second-order valence-corrected chi connectivity index (χ2v) is 7.58. The first kappa shape index (κ1) is 18.0. The van der Waals surface area contributed by atoms with E-state index in [0.717, 1.165) is 36.8 Å². The molecule has 6 nitrogen and oxygen atoms in total. The first-order valence-electron chi connectivity index (χ1n) is 7.90. The lowest BCUT2D eigenvalue weighted by molar-refractivity contribution is 0.0519. The molecule has 1 fully saturated rings. The minimum atomic E-state index is -0.452. The fourth-order valence-corrected chi connectivity index (χ4v) is 3.13. The normalized spacial score (nSPS) is 18.9. The van der Waals surface area contributed by atoms with Crippen LogP contribution in [0.15, 0.2) is 17.4 Å². The first-order valence-corrected chi connectivity index (χ1v) is 9.13. The number of ether oxygens (including phenoxy) is 1. The van der Waals surface area contributed by atoms with Crippen molar-refractivity contribution >= 4 is 17.9 Å². The summed E-state index contributed by atoms with van der Waals surface area (Å²) in [5.74, 6) is 0.455. The van der Waals surface area contributed by atoms with Crippen molar-refractivity contribution in [1.29, 1.82) is 0 Å². The largest absolute Gasteiger partial charge is 0.444 e. The van der Waals surface area contributed by atoms with Crippen LogP contribution < -0.4 is 5.32 Å². The molecule has 1 aliphatic rings. The van der Waals surface area contributed by atoms with Crippen molar-refractivity contribution in [2.45, 2.75) is 44.4 Å². The summed E-state index contributed by atoms with van der Waals surface area (Å²) >= 11 is 1.63. The highest BCUT2D eigenvalue weighted by Crippen LogP contribution is 2.21. The van der Waals surface area contributed by atoms with E-state index in [-0.39, 0.29) is 6.09 Å². The molecule has 1 amide bonds. The summed E-state index contributed by atoms with van der Waals surface area (Å²) in [5, 5.41) is 3.86. The van der Waals surface area contributed by atoms with E-state index in [4.69, 9.17) is 4.74 Å². The van der Waals surface area contributed by atoms with Crippen molar-refractivity contribution < 1.29 is 9.53 Å². The van der Waals surface area contributed by atoms with Crippen molar-refractivity contribution in [1.82, 2.24) is 20.2 Å². The summed E-state index contributed by atoms with van der Waals surface area (Å²) in [7, 11) is 0. The number of hydrogen-bond acceptors (Lipinski definition) is 6. The van der Waals surface area contributed by atoms with Gasteiger partial charge in [-0.05, 0) is 45.9 Å². The minimum absolute atomic E-state index is 0.338. The van der Waals surface area contributed by atoms with Crippen LogP contribution in [0.25, 0.3) is 0 Å². The maximum absolute atomic E-state index is 11.7. The zero-order chi connectivity index (χ0) is 16.9. The Morgan fingerprint density at radius 2 is 2.17 bits per heavy atom. The van der Waals surface area contributed by atoms with Crippen LogP contribution in [0, 0.1) is 5.92 Å². The molecule has 0 spiro atoms. The van der Waals surface area contributed by atoms with E-state index in [2.05, 4.69) is 20.2 Å². The van der Waals surface area contributed by atoms with Crippen LogP contribution in [0.4, 0.5) is 4.79 Å². The molecule has 0 aromatic carbocycles. The summed E-state index contributed by atoms with van der Waals surface area (Å²) in [5.41, 5.74) is 0.576. The summed E-state index contributed by atoms with van der Waals surface area (Å²) in [6.45, 7) is 9.05. The fraction of sp³-hybridized carbons (Fsp3) is 0.688. The van der Waals surface area contributed by atoms with Gasteiger partial charge < -0.3 is 10.1 Å². The highest BCUT2D eigenvalue weighted by Gasteiger charge is 2.25.